The van der Waals surface area contributed by atoms with Crippen LogP contribution < -0.4 is 5.73 Å². The Morgan fingerprint density at radius 1 is 1.50 bits per heavy atom. The Balaban J connectivity index is 2.33. The number of sulfonamides is 1. The number of anilines is 1. The lowest BCUT2D eigenvalue weighted by atomic mass is 10.2. The monoisotopic (exact) mass is 302 g/mol. The topological polar surface area (TPSA) is 90.5 Å². The molecule has 1 aliphatic rings. The van der Waals surface area contributed by atoms with Gasteiger partial charge >= 0.3 is 0 Å². The molecule has 8 heteroatoms. The molecular weight excluding hydrogens is 280 g/mol. The number of ether oxygens (including phenoxy) is 1. The average Bonchev–Trinajstić information content (AvgIpc) is 2.81. The molecule has 2 rings (SSSR count). The summed E-state index contributed by atoms with van der Waals surface area (Å²) >= 11 is 0. The van der Waals surface area contributed by atoms with E-state index in [1.807, 2.05) is 13.8 Å². The number of nitrogens with zero attached hydrogens (tertiary/aromatic N) is 3. The van der Waals surface area contributed by atoms with Crippen LogP contribution in [0.4, 0.5) is 5.82 Å². The molecule has 0 radical (unpaired) electrons. The second-order valence-electron chi connectivity index (χ2n) is 4.89. The first-order valence-electron chi connectivity index (χ1n) is 6.93. The maximum absolute atomic E-state index is 12.7. The van der Waals surface area contributed by atoms with Gasteiger partial charge in [-0.05, 0) is 12.8 Å². The molecule has 1 aromatic rings. The van der Waals surface area contributed by atoms with Gasteiger partial charge in [-0.2, -0.15) is 9.40 Å². The van der Waals surface area contributed by atoms with Crippen molar-refractivity contribution in [2.75, 3.05) is 25.5 Å². The van der Waals surface area contributed by atoms with Crippen molar-refractivity contribution < 1.29 is 13.2 Å². The maximum atomic E-state index is 12.7. The third-order valence-corrected chi connectivity index (χ3v) is 5.41. The van der Waals surface area contributed by atoms with Gasteiger partial charge in [-0.15, -0.1) is 0 Å². The fourth-order valence-electron chi connectivity index (χ4n) is 2.36. The molecule has 1 unspecified atom stereocenters. The minimum absolute atomic E-state index is 0.0693. The summed E-state index contributed by atoms with van der Waals surface area (Å²) in [6.07, 6.45) is 3.11. The molecule has 2 N–H and O–H groups in total. The summed E-state index contributed by atoms with van der Waals surface area (Å²) in [6.45, 7) is 5.81. The van der Waals surface area contributed by atoms with E-state index in [1.165, 1.54) is 10.5 Å². The second kappa shape index (κ2) is 6.11. The van der Waals surface area contributed by atoms with Gasteiger partial charge in [0.05, 0.1) is 13.2 Å². The number of aryl methyl sites for hydroxylation is 1. The predicted octanol–water partition coefficient (Wildman–Crippen LogP) is 0.675. The van der Waals surface area contributed by atoms with Crippen LogP contribution >= 0.6 is 0 Å². The lowest BCUT2D eigenvalue weighted by Gasteiger charge is -2.33. The molecule has 20 heavy (non-hydrogen) atoms. The van der Waals surface area contributed by atoms with Gasteiger partial charge < -0.3 is 10.5 Å². The molecule has 0 aliphatic carbocycles. The fourth-order valence-corrected chi connectivity index (χ4v) is 4.09. The molecule has 0 spiro atoms. The van der Waals surface area contributed by atoms with Gasteiger partial charge in [0, 0.05) is 25.3 Å². The highest BCUT2D eigenvalue weighted by Crippen LogP contribution is 2.25. The van der Waals surface area contributed by atoms with Gasteiger partial charge in [0.2, 0.25) is 10.0 Å². The van der Waals surface area contributed by atoms with Crippen molar-refractivity contribution >= 4 is 15.8 Å². The summed E-state index contributed by atoms with van der Waals surface area (Å²) in [5.41, 5.74) is 5.78. The molecule has 1 fully saturated rings. The van der Waals surface area contributed by atoms with Gasteiger partial charge in [0.15, 0.2) is 5.82 Å². The zero-order valence-electron chi connectivity index (χ0n) is 11.9. The highest BCUT2D eigenvalue weighted by molar-refractivity contribution is 7.89. The van der Waals surface area contributed by atoms with Crippen LogP contribution in [0.1, 0.15) is 26.7 Å². The highest BCUT2D eigenvalue weighted by Gasteiger charge is 2.35. The summed E-state index contributed by atoms with van der Waals surface area (Å²) < 4.78 is 33.9. The lowest BCUT2D eigenvalue weighted by Crippen LogP contribution is -2.48. The Labute approximate surface area is 119 Å². The Bertz CT molecular complexity index is 555. The zero-order valence-corrected chi connectivity index (χ0v) is 12.8. The highest BCUT2D eigenvalue weighted by atomic mass is 32.2. The Hall–Kier alpha value is -1.12. The molecule has 7 nitrogen and oxygen atoms in total. The lowest BCUT2D eigenvalue weighted by molar-refractivity contribution is 0.0314. The predicted molar refractivity (Wildman–Crippen MR) is 75.7 cm³/mol. The zero-order chi connectivity index (χ0) is 14.8. The van der Waals surface area contributed by atoms with Gasteiger partial charge in [-0.25, -0.2) is 8.42 Å². The quantitative estimate of drug-likeness (QED) is 0.863. The number of rotatable bonds is 5. The molecule has 0 aromatic carbocycles. The normalized spacial score (nSPS) is 21.2. The van der Waals surface area contributed by atoms with Crippen molar-refractivity contribution in [2.45, 2.75) is 44.2 Å². The molecule has 114 valence electrons. The maximum Gasteiger partial charge on any atom is 0.248 e. The van der Waals surface area contributed by atoms with Gasteiger partial charge in [-0.3, -0.25) is 4.68 Å². The first-order valence-corrected chi connectivity index (χ1v) is 8.37. The molecule has 1 atom stereocenters. The van der Waals surface area contributed by atoms with E-state index < -0.39 is 10.0 Å². The van der Waals surface area contributed by atoms with Crippen molar-refractivity contribution in [1.29, 1.82) is 0 Å². The average molecular weight is 302 g/mol. The van der Waals surface area contributed by atoms with Crippen molar-refractivity contribution in [1.82, 2.24) is 14.1 Å². The van der Waals surface area contributed by atoms with Crippen molar-refractivity contribution in [3.63, 3.8) is 0 Å². The molecule has 1 aliphatic heterocycles. The molecular formula is C12H22N4O3S. The van der Waals surface area contributed by atoms with Gasteiger partial charge in [-0.1, -0.05) is 13.8 Å². The number of nitrogens with two attached hydrogens (primary N) is 1. The summed E-state index contributed by atoms with van der Waals surface area (Å²) in [5, 5.41) is 4.07. The molecule has 0 amide bonds. The molecule has 1 saturated heterocycles. The first-order chi connectivity index (χ1) is 9.50. The van der Waals surface area contributed by atoms with Crippen LogP contribution in [-0.4, -0.2) is 48.3 Å². The van der Waals surface area contributed by atoms with E-state index in [0.717, 1.165) is 6.42 Å². The number of morpholine rings is 1. The van der Waals surface area contributed by atoms with Gasteiger partial charge in [0.25, 0.3) is 0 Å². The van der Waals surface area contributed by atoms with E-state index in [1.54, 1.807) is 4.68 Å². The Morgan fingerprint density at radius 2 is 2.25 bits per heavy atom. The largest absolute Gasteiger partial charge is 0.381 e. The van der Waals surface area contributed by atoms with Crippen molar-refractivity contribution in [3.8, 4) is 0 Å². The third kappa shape index (κ3) is 2.82. The minimum atomic E-state index is -3.61. The number of nitrogen functional groups attached to an aromatic ring is 1. The Kier molecular flexibility index (Phi) is 4.66. The molecule has 2 heterocycles. The number of aromatic nitrogens is 2. The van der Waals surface area contributed by atoms with Crippen LogP contribution in [-0.2, 0) is 21.3 Å². The van der Waals surface area contributed by atoms with Crippen LogP contribution in [0.15, 0.2) is 11.1 Å². The molecule has 0 bridgehead atoms. The van der Waals surface area contributed by atoms with Crippen LogP contribution in [0.2, 0.25) is 0 Å². The number of hydrogen-bond acceptors (Lipinski definition) is 5. The smallest absolute Gasteiger partial charge is 0.248 e. The third-order valence-electron chi connectivity index (χ3n) is 3.44. The summed E-state index contributed by atoms with van der Waals surface area (Å²) in [5.74, 6) is 0.0693. The van der Waals surface area contributed by atoms with Crippen LogP contribution in [0.3, 0.4) is 0 Å². The minimum Gasteiger partial charge on any atom is -0.381 e. The molecule has 1 aromatic heterocycles. The summed E-state index contributed by atoms with van der Waals surface area (Å²) in [4.78, 5) is 0.103. The molecule has 0 saturated carbocycles. The van der Waals surface area contributed by atoms with Crippen molar-refractivity contribution in [2.24, 2.45) is 0 Å². The standard InChI is InChI=1S/C12H22N4O3S/c1-3-5-15-8-11(12(13)14-15)20(17,18)16-6-7-19-9-10(16)4-2/h8,10H,3-7,9H2,1-2H3,(H2,13,14). The second-order valence-corrected chi connectivity index (χ2v) is 6.75. The van der Waals surface area contributed by atoms with E-state index in [-0.39, 0.29) is 16.8 Å². The summed E-state index contributed by atoms with van der Waals surface area (Å²) in [6, 6.07) is -0.136. The van der Waals surface area contributed by atoms with E-state index >= 15 is 0 Å². The Morgan fingerprint density at radius 3 is 2.90 bits per heavy atom. The summed E-state index contributed by atoms with van der Waals surface area (Å²) in [7, 11) is -3.61. The first kappa shape index (κ1) is 15.3. The van der Waals surface area contributed by atoms with Crippen LogP contribution in [0, 0.1) is 0 Å². The van der Waals surface area contributed by atoms with Crippen LogP contribution in [0.5, 0.6) is 0 Å². The van der Waals surface area contributed by atoms with Crippen molar-refractivity contribution in [3.05, 3.63) is 6.20 Å². The van der Waals surface area contributed by atoms with Gasteiger partial charge in [0.1, 0.15) is 4.90 Å². The SMILES string of the molecule is CCCn1cc(S(=O)(=O)N2CCOCC2CC)c(N)n1. The van der Waals surface area contributed by atoms with E-state index in [9.17, 15) is 8.42 Å². The van der Waals surface area contributed by atoms with Crippen LogP contribution in [0.25, 0.3) is 0 Å². The van der Waals surface area contributed by atoms with E-state index in [4.69, 9.17) is 10.5 Å². The number of hydrogen-bond donors (Lipinski definition) is 1. The van der Waals surface area contributed by atoms with E-state index in [0.29, 0.717) is 32.7 Å². The van der Waals surface area contributed by atoms with E-state index in [2.05, 4.69) is 5.10 Å². The fraction of sp³-hybridized carbons (Fsp3) is 0.750.